The predicted octanol–water partition coefficient (Wildman–Crippen LogP) is 6.55. The molecule has 1 radical (unpaired) electrons. The maximum Gasteiger partial charge on any atom is 0.206 e. The van der Waals surface area contributed by atoms with Gasteiger partial charge in [-0.1, -0.05) is 103 Å². The fourth-order valence-electron chi connectivity index (χ4n) is 3.38. The van der Waals surface area contributed by atoms with Crippen LogP contribution in [0.15, 0.2) is 10.3 Å². The van der Waals surface area contributed by atoms with Crippen molar-refractivity contribution in [2.75, 3.05) is 0 Å². The van der Waals surface area contributed by atoms with Crippen molar-refractivity contribution in [1.29, 1.82) is 0 Å². The first-order valence-corrected chi connectivity index (χ1v) is 12.4. The number of aryl methyl sites for hydroxylation is 1. The van der Waals surface area contributed by atoms with Gasteiger partial charge in [0.25, 0.3) is 0 Å². The zero-order valence-corrected chi connectivity index (χ0v) is 23.1. The molecule has 0 unspecified atom stereocenters. The number of aromatic nitrogens is 3. The molecule has 2 N–H and O–H groups in total. The molecule has 0 bridgehead atoms. The SMILES string of the molecule is CCCCCCCCCCCCCCCCCCc1nc(S)nc(SN)n1.[K]. The third-order valence-corrected chi connectivity index (χ3v) is 5.60. The predicted molar refractivity (Wildman–Crippen MR) is 126 cm³/mol. The van der Waals surface area contributed by atoms with Gasteiger partial charge in [0, 0.05) is 57.8 Å². The van der Waals surface area contributed by atoms with E-state index >= 15 is 0 Å². The minimum absolute atomic E-state index is 0. The van der Waals surface area contributed by atoms with Crippen LogP contribution in [0.5, 0.6) is 0 Å². The average molecular weight is 452 g/mol. The summed E-state index contributed by atoms with van der Waals surface area (Å²) in [6, 6.07) is 0. The largest absolute Gasteiger partial charge is 0.271 e. The Balaban J connectivity index is 0.00000729. The molecule has 1 aromatic rings. The topological polar surface area (TPSA) is 64.7 Å². The third-order valence-electron chi connectivity index (χ3n) is 5.01. The van der Waals surface area contributed by atoms with Crippen LogP contribution in [-0.4, -0.2) is 66.3 Å². The second kappa shape index (κ2) is 21.5. The Morgan fingerprint density at radius 2 is 1.11 bits per heavy atom. The summed E-state index contributed by atoms with van der Waals surface area (Å²) in [6.07, 6.45) is 23.0. The molecule has 1 heterocycles. The summed E-state index contributed by atoms with van der Waals surface area (Å²) >= 11 is 5.25. The van der Waals surface area contributed by atoms with E-state index in [1.54, 1.807) is 0 Å². The number of rotatable bonds is 18. The number of hydrogen-bond donors (Lipinski definition) is 2. The maximum atomic E-state index is 5.51. The van der Waals surface area contributed by atoms with Crippen LogP contribution in [-0.2, 0) is 6.42 Å². The van der Waals surface area contributed by atoms with Crippen molar-refractivity contribution < 1.29 is 0 Å². The van der Waals surface area contributed by atoms with E-state index in [-0.39, 0.29) is 51.4 Å². The van der Waals surface area contributed by atoms with Crippen LogP contribution >= 0.6 is 24.6 Å². The van der Waals surface area contributed by atoms with Crippen molar-refractivity contribution in [2.24, 2.45) is 5.14 Å². The van der Waals surface area contributed by atoms with Gasteiger partial charge in [-0.15, -0.1) is 12.6 Å². The van der Waals surface area contributed by atoms with E-state index in [0.717, 1.165) is 30.6 Å². The van der Waals surface area contributed by atoms with Crippen LogP contribution in [0.25, 0.3) is 0 Å². The first-order chi connectivity index (χ1) is 13.3. The van der Waals surface area contributed by atoms with Gasteiger partial charge in [0.15, 0.2) is 5.16 Å². The quantitative estimate of drug-likeness (QED) is 0.115. The molecule has 0 aliphatic carbocycles. The normalized spacial score (nSPS) is 10.8. The van der Waals surface area contributed by atoms with Gasteiger partial charge >= 0.3 is 0 Å². The Bertz CT molecular complexity index is 478. The van der Waals surface area contributed by atoms with Crippen molar-refractivity contribution in [3.8, 4) is 0 Å². The second-order valence-electron chi connectivity index (χ2n) is 7.51. The van der Waals surface area contributed by atoms with E-state index in [1.807, 2.05) is 0 Å². The molecule has 0 aliphatic heterocycles. The first kappa shape index (κ1) is 29.3. The van der Waals surface area contributed by atoms with Crippen LogP contribution < -0.4 is 5.14 Å². The molecule has 0 saturated heterocycles. The van der Waals surface area contributed by atoms with Gasteiger partial charge in [0.05, 0.1) is 0 Å². The summed E-state index contributed by atoms with van der Waals surface area (Å²) < 4.78 is 0. The zero-order valence-electron chi connectivity index (χ0n) is 18.3. The third kappa shape index (κ3) is 17.0. The minimum atomic E-state index is 0. The number of thiol groups is 1. The number of nitrogens with two attached hydrogens (primary N) is 1. The van der Waals surface area contributed by atoms with E-state index in [2.05, 4.69) is 34.5 Å². The van der Waals surface area contributed by atoms with Crippen molar-refractivity contribution in [3.05, 3.63) is 5.82 Å². The van der Waals surface area contributed by atoms with Crippen molar-refractivity contribution >= 4 is 76.0 Å². The minimum Gasteiger partial charge on any atom is -0.271 e. The fourth-order valence-corrected chi connectivity index (χ4v) is 3.96. The molecule has 1 rings (SSSR count). The Labute approximate surface area is 225 Å². The van der Waals surface area contributed by atoms with E-state index in [0.29, 0.717) is 10.3 Å². The molecule has 0 fully saturated rings. The zero-order chi connectivity index (χ0) is 19.6. The van der Waals surface area contributed by atoms with Gasteiger partial charge in [-0.2, -0.15) is 4.98 Å². The van der Waals surface area contributed by atoms with Crippen molar-refractivity contribution in [2.45, 2.75) is 126 Å². The van der Waals surface area contributed by atoms with E-state index in [1.165, 1.54) is 96.3 Å². The molecule has 0 aromatic carbocycles. The van der Waals surface area contributed by atoms with Crippen LogP contribution in [0.2, 0.25) is 0 Å². The summed E-state index contributed by atoms with van der Waals surface area (Å²) in [5.74, 6) is 0.813. The molecular formula is C21H40KN4S2. The summed E-state index contributed by atoms with van der Waals surface area (Å²) in [5, 5.41) is 6.53. The molecule has 0 atom stereocenters. The van der Waals surface area contributed by atoms with Gasteiger partial charge in [0.1, 0.15) is 5.82 Å². The summed E-state index contributed by atoms with van der Waals surface area (Å²) in [7, 11) is 0. The molecule has 0 amide bonds. The maximum absolute atomic E-state index is 5.51. The smallest absolute Gasteiger partial charge is 0.206 e. The van der Waals surface area contributed by atoms with Gasteiger partial charge in [-0.25, -0.2) is 9.97 Å². The van der Waals surface area contributed by atoms with Crippen LogP contribution in [0.3, 0.4) is 0 Å². The molecule has 7 heteroatoms. The van der Waals surface area contributed by atoms with Gasteiger partial charge in [-0.05, 0) is 18.4 Å². The van der Waals surface area contributed by atoms with Gasteiger partial charge in [-0.3, -0.25) is 5.14 Å². The van der Waals surface area contributed by atoms with Crippen molar-refractivity contribution in [3.63, 3.8) is 0 Å². The summed E-state index contributed by atoms with van der Waals surface area (Å²) in [6.45, 7) is 2.28. The molecular weight excluding hydrogens is 411 g/mol. The molecule has 1 aromatic heterocycles. The van der Waals surface area contributed by atoms with E-state index in [9.17, 15) is 0 Å². The summed E-state index contributed by atoms with van der Waals surface area (Å²) in [4.78, 5) is 12.6. The van der Waals surface area contributed by atoms with Crippen molar-refractivity contribution in [1.82, 2.24) is 15.0 Å². The van der Waals surface area contributed by atoms with Gasteiger partial charge in [0.2, 0.25) is 5.16 Å². The van der Waals surface area contributed by atoms with Gasteiger partial charge < -0.3 is 0 Å². The second-order valence-corrected chi connectivity index (χ2v) is 8.51. The van der Waals surface area contributed by atoms with E-state index < -0.39 is 0 Å². The Morgan fingerprint density at radius 3 is 1.54 bits per heavy atom. The first-order valence-electron chi connectivity index (χ1n) is 11.1. The molecule has 157 valence electrons. The Morgan fingerprint density at radius 1 is 0.679 bits per heavy atom. The molecule has 28 heavy (non-hydrogen) atoms. The van der Waals surface area contributed by atoms with E-state index in [4.69, 9.17) is 5.14 Å². The summed E-state index contributed by atoms with van der Waals surface area (Å²) in [5.41, 5.74) is 0. The number of unbranched alkanes of at least 4 members (excludes halogenated alkanes) is 15. The molecule has 4 nitrogen and oxygen atoms in total. The Kier molecular flexibility index (Phi) is 22.5. The van der Waals surface area contributed by atoms with Crippen LogP contribution in [0.4, 0.5) is 0 Å². The Hall–Kier alpha value is 1.31. The average Bonchev–Trinajstić information content (AvgIpc) is 2.67. The monoisotopic (exact) mass is 451 g/mol. The molecule has 0 aliphatic rings. The number of nitrogens with zero attached hydrogens (tertiary/aromatic N) is 3. The number of hydrogen-bond acceptors (Lipinski definition) is 6. The fraction of sp³-hybridized carbons (Fsp3) is 0.857. The molecule has 0 saturated carbocycles. The molecule has 0 spiro atoms. The standard InChI is InChI=1S/C21H40N4S2.K/c1-2-3-4-5-6-7-8-9-10-11-12-13-14-15-16-17-18-19-23-20(26)25-21(24-19)27-22;/h2-18,22H2,1H3,(H,23,24,25,26);. The van der Waals surface area contributed by atoms with Crippen LogP contribution in [0.1, 0.15) is 115 Å². The van der Waals surface area contributed by atoms with Crippen LogP contribution in [0, 0.1) is 0 Å².